The first-order valence-corrected chi connectivity index (χ1v) is 8.42. The highest BCUT2D eigenvalue weighted by Gasteiger charge is 2.26. The van der Waals surface area contributed by atoms with Gasteiger partial charge in [0.2, 0.25) is 0 Å². The van der Waals surface area contributed by atoms with Crippen molar-refractivity contribution >= 4 is 33.0 Å². The molecule has 0 saturated carbocycles. The van der Waals surface area contributed by atoms with Gasteiger partial charge in [-0.25, -0.2) is 0 Å². The minimum absolute atomic E-state index is 0.0373. The number of benzene rings is 2. The number of nitrogens with one attached hydrogen (secondary N) is 1. The highest BCUT2D eigenvalue weighted by Crippen LogP contribution is 2.32. The third-order valence-corrected chi connectivity index (χ3v) is 5.26. The second-order valence-corrected chi connectivity index (χ2v) is 6.99. The predicted molar refractivity (Wildman–Crippen MR) is 96.8 cm³/mol. The van der Waals surface area contributed by atoms with E-state index in [9.17, 15) is 20.0 Å². The van der Waals surface area contributed by atoms with Crippen LogP contribution in [-0.4, -0.2) is 22.5 Å². The Morgan fingerprint density at radius 1 is 1.24 bits per heavy atom. The summed E-state index contributed by atoms with van der Waals surface area (Å²) in [6.45, 7) is 1.68. The maximum absolute atomic E-state index is 12.2. The molecule has 1 atom stereocenters. The van der Waals surface area contributed by atoms with Crippen LogP contribution in [0.1, 0.15) is 22.2 Å². The minimum atomic E-state index is -1.21. The number of nitrogens with zero attached hydrogens (tertiary/aromatic N) is 1. The number of non-ortho nitro benzene ring substituents is 1. The van der Waals surface area contributed by atoms with Crippen molar-refractivity contribution in [2.24, 2.45) is 0 Å². The highest BCUT2D eigenvalue weighted by atomic mass is 32.1. The monoisotopic (exact) mass is 356 g/mol. The van der Waals surface area contributed by atoms with E-state index < -0.39 is 16.4 Å². The Bertz CT molecular complexity index is 899. The van der Waals surface area contributed by atoms with Crippen LogP contribution in [0.25, 0.3) is 10.1 Å². The van der Waals surface area contributed by atoms with Crippen molar-refractivity contribution in [1.82, 2.24) is 5.32 Å². The van der Waals surface area contributed by atoms with Gasteiger partial charge in [-0.1, -0.05) is 18.2 Å². The molecule has 0 aliphatic heterocycles. The Kier molecular flexibility index (Phi) is 4.52. The lowest BCUT2D eigenvalue weighted by molar-refractivity contribution is -0.384. The van der Waals surface area contributed by atoms with E-state index in [1.807, 2.05) is 30.3 Å². The number of nitro groups is 1. The first kappa shape index (κ1) is 17.1. The lowest BCUT2D eigenvalue weighted by Gasteiger charge is -2.22. The summed E-state index contributed by atoms with van der Waals surface area (Å²) in [5, 5.41) is 25.1. The maximum atomic E-state index is 12.2. The van der Waals surface area contributed by atoms with Crippen LogP contribution in [0.5, 0.6) is 0 Å². The molecule has 1 amide bonds. The smallest absolute Gasteiger partial charge is 0.269 e. The summed E-state index contributed by atoms with van der Waals surface area (Å²) < 4.78 is 1.07. The van der Waals surface area contributed by atoms with E-state index in [4.69, 9.17) is 0 Å². The molecule has 0 aliphatic rings. The SMILES string of the molecule is CC(O)(CNC(=O)c1ccc([N+](=O)[O-])cc1)c1cc2ccccc2s1. The van der Waals surface area contributed by atoms with Gasteiger partial charge in [-0.15, -0.1) is 11.3 Å². The number of fused-ring (bicyclic) bond motifs is 1. The number of thiophene rings is 1. The molecule has 3 rings (SSSR count). The van der Waals surface area contributed by atoms with Gasteiger partial charge < -0.3 is 10.4 Å². The Morgan fingerprint density at radius 3 is 2.56 bits per heavy atom. The van der Waals surface area contributed by atoms with Crippen molar-refractivity contribution in [2.75, 3.05) is 6.54 Å². The van der Waals surface area contributed by atoms with Gasteiger partial charge in [0.25, 0.3) is 11.6 Å². The lowest BCUT2D eigenvalue weighted by atomic mass is 10.0. The van der Waals surface area contributed by atoms with E-state index >= 15 is 0 Å². The van der Waals surface area contributed by atoms with Crippen LogP contribution >= 0.6 is 11.3 Å². The molecule has 3 aromatic rings. The fraction of sp³-hybridized carbons (Fsp3) is 0.167. The van der Waals surface area contributed by atoms with Crippen molar-refractivity contribution in [3.05, 3.63) is 75.2 Å². The third-order valence-electron chi connectivity index (χ3n) is 3.89. The van der Waals surface area contributed by atoms with Crippen LogP contribution in [0, 0.1) is 10.1 Å². The van der Waals surface area contributed by atoms with Gasteiger partial charge in [0.1, 0.15) is 5.60 Å². The van der Waals surface area contributed by atoms with E-state index in [0.29, 0.717) is 5.56 Å². The summed E-state index contributed by atoms with van der Waals surface area (Å²) in [4.78, 5) is 23.1. The van der Waals surface area contributed by atoms with Crippen LogP contribution in [0.4, 0.5) is 5.69 Å². The fourth-order valence-corrected chi connectivity index (χ4v) is 3.53. The first-order valence-electron chi connectivity index (χ1n) is 7.61. The van der Waals surface area contributed by atoms with Gasteiger partial charge in [0.05, 0.1) is 11.5 Å². The molecule has 0 saturated heterocycles. The zero-order valence-electron chi connectivity index (χ0n) is 13.4. The Balaban J connectivity index is 1.70. The van der Waals surface area contributed by atoms with Gasteiger partial charge in [0.15, 0.2) is 0 Å². The van der Waals surface area contributed by atoms with Crippen LogP contribution < -0.4 is 5.32 Å². The number of rotatable bonds is 5. The van der Waals surface area contributed by atoms with Crippen molar-refractivity contribution in [3.63, 3.8) is 0 Å². The molecular formula is C18H16N2O4S. The quantitative estimate of drug-likeness (QED) is 0.541. The van der Waals surface area contributed by atoms with Gasteiger partial charge in [-0.3, -0.25) is 14.9 Å². The maximum Gasteiger partial charge on any atom is 0.269 e. The molecular weight excluding hydrogens is 340 g/mol. The molecule has 6 nitrogen and oxygen atoms in total. The molecule has 7 heteroatoms. The average molecular weight is 356 g/mol. The van der Waals surface area contributed by atoms with Gasteiger partial charge in [-0.2, -0.15) is 0 Å². The summed E-state index contributed by atoms with van der Waals surface area (Å²) in [5.41, 5.74) is -0.980. The highest BCUT2D eigenvalue weighted by molar-refractivity contribution is 7.19. The van der Waals surface area contributed by atoms with Gasteiger partial charge in [0, 0.05) is 27.3 Å². The molecule has 2 aromatic carbocycles. The molecule has 1 heterocycles. The van der Waals surface area contributed by atoms with E-state index in [2.05, 4.69) is 5.32 Å². The molecule has 0 bridgehead atoms. The molecule has 0 fully saturated rings. The molecule has 128 valence electrons. The number of carbonyl (C=O) groups is 1. The van der Waals surface area contributed by atoms with Crippen LogP contribution in [0.2, 0.25) is 0 Å². The van der Waals surface area contributed by atoms with Crippen molar-refractivity contribution in [3.8, 4) is 0 Å². The Labute approximate surface area is 147 Å². The standard InChI is InChI=1S/C18H16N2O4S/c1-18(22,16-10-13-4-2-3-5-15(13)25-16)11-19-17(21)12-6-8-14(9-7-12)20(23)24/h2-10,22H,11H2,1H3,(H,19,21). The van der Waals surface area contributed by atoms with Crippen molar-refractivity contribution < 1.29 is 14.8 Å². The number of carbonyl (C=O) groups excluding carboxylic acids is 1. The van der Waals surface area contributed by atoms with Crippen molar-refractivity contribution in [2.45, 2.75) is 12.5 Å². The molecule has 1 aromatic heterocycles. The summed E-state index contributed by atoms with van der Waals surface area (Å²) in [5.74, 6) is -0.392. The first-order chi connectivity index (χ1) is 11.9. The largest absolute Gasteiger partial charge is 0.383 e. The van der Waals surface area contributed by atoms with Crippen LogP contribution in [-0.2, 0) is 5.60 Å². The number of hydrogen-bond donors (Lipinski definition) is 2. The van der Waals surface area contributed by atoms with Gasteiger partial charge >= 0.3 is 0 Å². The normalized spacial score (nSPS) is 13.4. The number of hydrogen-bond acceptors (Lipinski definition) is 5. The van der Waals surface area contributed by atoms with Crippen molar-refractivity contribution in [1.29, 1.82) is 0 Å². The second-order valence-electron chi connectivity index (χ2n) is 5.91. The topological polar surface area (TPSA) is 92.5 Å². The molecule has 0 radical (unpaired) electrons. The average Bonchev–Trinajstić information content (AvgIpc) is 3.05. The van der Waals surface area contributed by atoms with Gasteiger partial charge in [-0.05, 0) is 36.6 Å². The molecule has 2 N–H and O–H groups in total. The third kappa shape index (κ3) is 3.67. The fourth-order valence-electron chi connectivity index (χ4n) is 2.42. The number of nitro benzene ring substituents is 1. The predicted octanol–water partition coefficient (Wildman–Crippen LogP) is 3.45. The summed E-state index contributed by atoms with van der Waals surface area (Å²) in [7, 11) is 0. The zero-order chi connectivity index (χ0) is 18.0. The number of aliphatic hydroxyl groups is 1. The van der Waals surface area contributed by atoms with E-state index in [0.717, 1.165) is 15.0 Å². The Morgan fingerprint density at radius 2 is 1.92 bits per heavy atom. The lowest BCUT2D eigenvalue weighted by Crippen LogP contribution is -2.38. The minimum Gasteiger partial charge on any atom is -0.383 e. The zero-order valence-corrected chi connectivity index (χ0v) is 14.2. The van der Waals surface area contributed by atoms with E-state index in [-0.39, 0.29) is 12.2 Å². The summed E-state index contributed by atoms with van der Waals surface area (Å²) in [6, 6.07) is 15.1. The summed E-state index contributed by atoms with van der Waals surface area (Å²) >= 11 is 1.48. The Hall–Kier alpha value is -2.77. The summed E-state index contributed by atoms with van der Waals surface area (Å²) in [6.07, 6.45) is 0. The van der Waals surface area contributed by atoms with Crippen LogP contribution in [0.15, 0.2) is 54.6 Å². The molecule has 0 aliphatic carbocycles. The molecule has 25 heavy (non-hydrogen) atoms. The van der Waals surface area contributed by atoms with E-state index in [1.54, 1.807) is 6.92 Å². The molecule has 1 unspecified atom stereocenters. The van der Waals surface area contributed by atoms with Crippen LogP contribution in [0.3, 0.4) is 0 Å². The second kappa shape index (κ2) is 6.62. The number of amides is 1. The molecule has 0 spiro atoms. The van der Waals surface area contributed by atoms with E-state index in [1.165, 1.54) is 35.6 Å².